The van der Waals surface area contributed by atoms with Crippen molar-refractivity contribution >= 4 is 44.3 Å². The number of carbonyl (C=O) groups is 1. The number of hydrogen-bond acceptors (Lipinski definition) is 4. The number of halogens is 1. The number of aryl methyl sites for hydroxylation is 2. The van der Waals surface area contributed by atoms with Crippen LogP contribution in [-0.4, -0.2) is 23.3 Å². The average molecular weight is 405 g/mol. The van der Waals surface area contributed by atoms with Crippen LogP contribution in [-0.2, 0) is 14.9 Å². The SMILES string of the molecule is Cc1cc(C)c(S(=O)(=O)[O-])cc1NC(=O)CCI.[Na+]. The third kappa shape index (κ3) is 5.68. The van der Waals surface area contributed by atoms with Gasteiger partial charge in [0.25, 0.3) is 0 Å². The molecule has 0 saturated carbocycles. The summed E-state index contributed by atoms with van der Waals surface area (Å²) >= 11 is 2.07. The van der Waals surface area contributed by atoms with E-state index in [1.165, 1.54) is 6.07 Å². The molecule has 0 spiro atoms. The minimum absolute atomic E-state index is 0. The fourth-order valence-electron chi connectivity index (χ4n) is 1.53. The molecule has 0 aliphatic rings. The molecule has 0 unspecified atom stereocenters. The van der Waals surface area contributed by atoms with Crippen molar-refractivity contribution in [2.45, 2.75) is 25.2 Å². The van der Waals surface area contributed by atoms with Crippen LogP contribution in [0.15, 0.2) is 17.0 Å². The summed E-state index contributed by atoms with van der Waals surface area (Å²) in [6.45, 7) is 3.29. The molecular formula is C11H13INNaO4S. The van der Waals surface area contributed by atoms with Crippen LogP contribution in [0.4, 0.5) is 5.69 Å². The number of carbonyl (C=O) groups excluding carboxylic acids is 1. The summed E-state index contributed by atoms with van der Waals surface area (Å²) in [5.74, 6) is -0.203. The number of benzene rings is 1. The van der Waals surface area contributed by atoms with E-state index < -0.39 is 10.1 Å². The number of hydrogen-bond donors (Lipinski definition) is 1. The Balaban J connectivity index is 0.00000324. The van der Waals surface area contributed by atoms with Crippen molar-refractivity contribution in [2.75, 3.05) is 9.74 Å². The zero-order valence-corrected chi connectivity index (χ0v) is 16.0. The number of rotatable bonds is 4. The topological polar surface area (TPSA) is 86.3 Å². The maximum absolute atomic E-state index is 11.5. The van der Waals surface area contributed by atoms with E-state index in [1.807, 2.05) is 0 Å². The van der Waals surface area contributed by atoms with Gasteiger partial charge in [-0.2, -0.15) is 0 Å². The molecule has 1 aromatic rings. The standard InChI is InChI=1S/C11H14INO4S.Na/c1-7-5-8(2)10(18(15,16)17)6-9(7)13-11(14)3-4-12;/h5-6H,3-4H2,1-2H3,(H,13,14)(H,15,16,17);/q;+1/p-1. The van der Waals surface area contributed by atoms with Gasteiger partial charge in [0.2, 0.25) is 5.91 Å². The minimum Gasteiger partial charge on any atom is -0.744 e. The molecule has 0 fully saturated rings. The predicted molar refractivity (Wildman–Crippen MR) is 76.0 cm³/mol. The van der Waals surface area contributed by atoms with E-state index in [-0.39, 0.29) is 40.4 Å². The second kappa shape index (κ2) is 7.94. The van der Waals surface area contributed by atoms with Gasteiger partial charge < -0.3 is 9.87 Å². The number of nitrogens with one attached hydrogen (secondary N) is 1. The van der Waals surface area contributed by atoms with Crippen molar-refractivity contribution < 1.29 is 47.3 Å². The largest absolute Gasteiger partial charge is 1.00 e. The fraction of sp³-hybridized carbons (Fsp3) is 0.364. The van der Waals surface area contributed by atoms with Crippen LogP contribution in [0.3, 0.4) is 0 Å². The summed E-state index contributed by atoms with van der Waals surface area (Å²) < 4.78 is 33.8. The molecule has 0 bridgehead atoms. The van der Waals surface area contributed by atoms with E-state index in [4.69, 9.17) is 0 Å². The first-order valence-corrected chi connectivity index (χ1v) is 8.12. The molecule has 1 rings (SSSR count). The van der Waals surface area contributed by atoms with Crippen molar-refractivity contribution in [3.8, 4) is 0 Å². The predicted octanol–water partition coefficient (Wildman–Crippen LogP) is -1.02. The molecule has 1 aromatic carbocycles. The number of anilines is 1. The quantitative estimate of drug-likeness (QED) is 0.301. The van der Waals surface area contributed by atoms with Crippen LogP contribution in [0, 0.1) is 13.8 Å². The second-order valence-electron chi connectivity index (χ2n) is 3.87. The third-order valence-corrected chi connectivity index (χ3v) is 3.90. The number of amides is 1. The first kappa shape index (κ1) is 19.3. The molecule has 0 aliphatic heterocycles. The molecule has 0 atom stereocenters. The van der Waals surface area contributed by atoms with Gasteiger partial charge in [-0.3, -0.25) is 4.79 Å². The Morgan fingerprint density at radius 2 is 1.89 bits per heavy atom. The molecule has 100 valence electrons. The molecule has 19 heavy (non-hydrogen) atoms. The van der Waals surface area contributed by atoms with Crippen LogP contribution in [0.25, 0.3) is 0 Å². The van der Waals surface area contributed by atoms with Gasteiger partial charge in [-0.1, -0.05) is 28.7 Å². The first-order valence-electron chi connectivity index (χ1n) is 5.18. The Hall–Kier alpha value is 0.330. The molecular weight excluding hydrogens is 392 g/mol. The molecule has 5 nitrogen and oxygen atoms in total. The molecule has 1 amide bonds. The first-order chi connectivity index (χ1) is 8.25. The summed E-state index contributed by atoms with van der Waals surface area (Å²) in [5.41, 5.74) is 1.47. The molecule has 0 aliphatic carbocycles. The van der Waals surface area contributed by atoms with E-state index in [2.05, 4.69) is 27.9 Å². The van der Waals surface area contributed by atoms with E-state index in [0.717, 1.165) is 5.56 Å². The Kier molecular flexibility index (Phi) is 8.08. The minimum atomic E-state index is -4.52. The van der Waals surface area contributed by atoms with Crippen molar-refractivity contribution in [3.05, 3.63) is 23.3 Å². The van der Waals surface area contributed by atoms with Crippen LogP contribution >= 0.6 is 22.6 Å². The average Bonchev–Trinajstić information content (AvgIpc) is 2.20. The van der Waals surface area contributed by atoms with Gasteiger partial charge in [0.05, 0.1) is 4.90 Å². The van der Waals surface area contributed by atoms with E-state index in [0.29, 0.717) is 22.1 Å². The Morgan fingerprint density at radius 1 is 1.32 bits per heavy atom. The van der Waals surface area contributed by atoms with Crippen LogP contribution in [0.1, 0.15) is 17.5 Å². The zero-order chi connectivity index (χ0) is 13.9. The molecule has 0 heterocycles. The van der Waals surface area contributed by atoms with Crippen LogP contribution in [0.5, 0.6) is 0 Å². The second-order valence-corrected chi connectivity index (χ2v) is 6.30. The summed E-state index contributed by atoms with van der Waals surface area (Å²) in [7, 11) is -4.52. The van der Waals surface area contributed by atoms with Crippen LogP contribution < -0.4 is 34.9 Å². The van der Waals surface area contributed by atoms with Gasteiger partial charge in [0.15, 0.2) is 0 Å². The van der Waals surface area contributed by atoms with Gasteiger partial charge in [-0.05, 0) is 31.0 Å². The maximum Gasteiger partial charge on any atom is 1.00 e. The van der Waals surface area contributed by atoms with Crippen LogP contribution in [0.2, 0.25) is 0 Å². The smallest absolute Gasteiger partial charge is 0.744 e. The third-order valence-electron chi connectivity index (χ3n) is 2.39. The van der Waals surface area contributed by atoms with E-state index in [1.54, 1.807) is 19.9 Å². The monoisotopic (exact) mass is 405 g/mol. The van der Waals surface area contributed by atoms with E-state index in [9.17, 15) is 17.8 Å². The summed E-state index contributed by atoms with van der Waals surface area (Å²) in [6.07, 6.45) is 0.341. The zero-order valence-electron chi connectivity index (χ0n) is 11.0. The van der Waals surface area contributed by atoms with Gasteiger partial charge in [-0.15, -0.1) is 0 Å². The Bertz CT molecular complexity index is 574. The molecule has 0 radical (unpaired) electrons. The van der Waals surface area contributed by atoms with Crippen molar-refractivity contribution in [2.24, 2.45) is 0 Å². The summed E-state index contributed by atoms with van der Waals surface area (Å²) in [6, 6.07) is 2.79. The van der Waals surface area contributed by atoms with Gasteiger partial charge in [0.1, 0.15) is 10.1 Å². The van der Waals surface area contributed by atoms with Gasteiger partial charge in [0, 0.05) is 16.5 Å². The van der Waals surface area contributed by atoms with E-state index >= 15 is 0 Å². The molecule has 8 heteroatoms. The Morgan fingerprint density at radius 3 is 2.37 bits per heavy atom. The van der Waals surface area contributed by atoms with Crippen molar-refractivity contribution in [1.82, 2.24) is 0 Å². The number of alkyl halides is 1. The maximum atomic E-state index is 11.5. The molecule has 0 aromatic heterocycles. The summed E-state index contributed by atoms with van der Waals surface area (Å²) in [5, 5.41) is 2.60. The Labute approximate surface area is 148 Å². The summed E-state index contributed by atoms with van der Waals surface area (Å²) in [4.78, 5) is 11.2. The fourth-order valence-corrected chi connectivity index (χ4v) is 2.74. The van der Waals surface area contributed by atoms with Gasteiger partial charge in [-0.25, -0.2) is 8.42 Å². The normalized spacial score (nSPS) is 10.7. The van der Waals surface area contributed by atoms with Gasteiger partial charge >= 0.3 is 29.6 Å². The van der Waals surface area contributed by atoms with Crippen molar-refractivity contribution in [1.29, 1.82) is 0 Å². The van der Waals surface area contributed by atoms with Crippen molar-refractivity contribution in [3.63, 3.8) is 0 Å². The molecule has 0 saturated heterocycles. The molecule has 1 N–H and O–H groups in total.